The van der Waals surface area contributed by atoms with Crippen molar-refractivity contribution >= 4 is 5.91 Å². The Balaban J connectivity index is 1.56. The summed E-state index contributed by atoms with van der Waals surface area (Å²) in [7, 11) is 0. The summed E-state index contributed by atoms with van der Waals surface area (Å²) < 4.78 is 0. The quantitative estimate of drug-likeness (QED) is 0.735. The third-order valence-electron chi connectivity index (χ3n) is 5.02. The van der Waals surface area contributed by atoms with Gasteiger partial charge in [-0.1, -0.05) is 0 Å². The normalized spacial score (nSPS) is 20.4. The fraction of sp³-hybridized carbons (Fsp3) is 0.529. The summed E-state index contributed by atoms with van der Waals surface area (Å²) in [6, 6.07) is 1.55. The number of aryl methyl sites for hydroxylation is 1. The Bertz CT molecular complexity index is 855. The fourth-order valence-corrected chi connectivity index (χ4v) is 3.78. The van der Waals surface area contributed by atoms with Gasteiger partial charge in [-0.3, -0.25) is 14.7 Å². The van der Waals surface area contributed by atoms with Crippen LogP contribution in [-0.2, 0) is 13.0 Å². The zero-order valence-corrected chi connectivity index (χ0v) is 14.3. The zero-order chi connectivity index (χ0) is 17.4. The van der Waals surface area contributed by atoms with E-state index in [4.69, 9.17) is 0 Å². The van der Waals surface area contributed by atoms with E-state index in [0.29, 0.717) is 18.1 Å². The fourth-order valence-electron chi connectivity index (χ4n) is 3.78. The summed E-state index contributed by atoms with van der Waals surface area (Å²) in [4.78, 5) is 33.7. The van der Waals surface area contributed by atoms with Gasteiger partial charge in [0.2, 0.25) is 0 Å². The van der Waals surface area contributed by atoms with Crippen molar-refractivity contribution in [3.05, 3.63) is 44.9 Å². The number of carbonyl (C=O) groups is 1. The third-order valence-corrected chi connectivity index (χ3v) is 5.02. The molecule has 4 heterocycles. The number of H-pyrrole nitrogens is 2. The van der Waals surface area contributed by atoms with E-state index in [2.05, 4.69) is 25.5 Å². The molecule has 3 N–H and O–H groups in total. The van der Waals surface area contributed by atoms with E-state index in [1.165, 1.54) is 0 Å². The number of amides is 1. The molecule has 0 bridgehead atoms. The topological polar surface area (TPSA) is 107 Å². The van der Waals surface area contributed by atoms with Crippen molar-refractivity contribution in [2.75, 3.05) is 19.6 Å². The van der Waals surface area contributed by atoms with Crippen molar-refractivity contribution in [3.63, 3.8) is 0 Å². The molecule has 1 amide bonds. The molecule has 1 unspecified atom stereocenters. The van der Waals surface area contributed by atoms with Gasteiger partial charge >= 0.3 is 0 Å². The highest BCUT2D eigenvalue weighted by Crippen LogP contribution is 2.27. The molecule has 2 aromatic heterocycles. The SMILES string of the molecule is Cc1nc(C2CCCN(C(=O)c3n[nH]c4c3CCNC4)C2)cc(=O)[nH]1. The van der Waals surface area contributed by atoms with Crippen LogP contribution in [0.2, 0.25) is 0 Å². The summed E-state index contributed by atoms with van der Waals surface area (Å²) in [6.07, 6.45) is 2.65. The summed E-state index contributed by atoms with van der Waals surface area (Å²) in [6.45, 7) is 4.67. The molecule has 4 rings (SSSR count). The lowest BCUT2D eigenvalue weighted by molar-refractivity contribution is 0.0698. The Morgan fingerprint density at radius 3 is 3.12 bits per heavy atom. The van der Waals surface area contributed by atoms with E-state index in [9.17, 15) is 9.59 Å². The predicted octanol–water partition coefficient (Wildman–Crippen LogP) is 0.467. The number of aromatic amines is 2. The minimum atomic E-state index is -0.139. The highest BCUT2D eigenvalue weighted by atomic mass is 16.2. The maximum Gasteiger partial charge on any atom is 0.274 e. The lowest BCUT2D eigenvalue weighted by Gasteiger charge is -2.32. The standard InChI is InChI=1S/C17H22N6O2/c1-10-19-13(7-15(24)20-10)11-3-2-6-23(9-11)17(25)16-12-4-5-18-8-14(12)21-22-16/h7,11,18H,2-6,8-9H2,1H3,(H,21,22)(H,19,20,24). The summed E-state index contributed by atoms with van der Waals surface area (Å²) in [5.74, 6) is 0.681. The first kappa shape index (κ1) is 16.0. The minimum absolute atomic E-state index is 0.0225. The van der Waals surface area contributed by atoms with Gasteiger partial charge in [0.05, 0.1) is 11.4 Å². The van der Waals surface area contributed by atoms with Gasteiger partial charge in [-0.2, -0.15) is 5.10 Å². The second-order valence-electron chi connectivity index (χ2n) is 6.80. The van der Waals surface area contributed by atoms with E-state index >= 15 is 0 Å². The molecule has 0 aromatic carbocycles. The Hall–Kier alpha value is -2.48. The summed E-state index contributed by atoms with van der Waals surface area (Å²) in [5.41, 5.74) is 3.23. The average Bonchev–Trinajstić information content (AvgIpc) is 3.04. The van der Waals surface area contributed by atoms with Crippen LogP contribution in [-0.4, -0.2) is 50.6 Å². The lowest BCUT2D eigenvalue weighted by atomic mass is 9.94. The maximum absolute atomic E-state index is 13.0. The van der Waals surface area contributed by atoms with Gasteiger partial charge in [-0.25, -0.2) is 4.98 Å². The molecule has 8 nitrogen and oxygen atoms in total. The van der Waals surface area contributed by atoms with Gasteiger partial charge in [-0.15, -0.1) is 0 Å². The van der Waals surface area contributed by atoms with Crippen LogP contribution >= 0.6 is 0 Å². The summed E-state index contributed by atoms with van der Waals surface area (Å²) in [5, 5.41) is 10.5. The molecule has 1 saturated heterocycles. The first-order valence-electron chi connectivity index (χ1n) is 8.76. The Morgan fingerprint density at radius 1 is 1.40 bits per heavy atom. The number of piperidine rings is 1. The predicted molar refractivity (Wildman–Crippen MR) is 91.5 cm³/mol. The molecule has 0 radical (unpaired) electrons. The Labute approximate surface area is 145 Å². The molecule has 0 aliphatic carbocycles. The molecule has 1 atom stereocenters. The highest BCUT2D eigenvalue weighted by Gasteiger charge is 2.30. The first-order chi connectivity index (χ1) is 12.1. The molecule has 2 aliphatic rings. The Kier molecular flexibility index (Phi) is 4.12. The number of fused-ring (bicyclic) bond motifs is 1. The molecular formula is C17H22N6O2. The van der Waals surface area contributed by atoms with Crippen molar-refractivity contribution in [2.45, 2.75) is 38.6 Å². The molecule has 8 heteroatoms. The molecular weight excluding hydrogens is 320 g/mol. The smallest absolute Gasteiger partial charge is 0.274 e. The van der Waals surface area contributed by atoms with E-state index in [1.54, 1.807) is 13.0 Å². The van der Waals surface area contributed by atoms with Gasteiger partial charge < -0.3 is 15.2 Å². The number of carbonyl (C=O) groups excluding carboxylic acids is 1. The third kappa shape index (κ3) is 3.09. The second-order valence-corrected chi connectivity index (χ2v) is 6.80. The van der Waals surface area contributed by atoms with Crippen molar-refractivity contribution in [3.8, 4) is 0 Å². The summed E-state index contributed by atoms with van der Waals surface area (Å²) >= 11 is 0. The second kappa shape index (κ2) is 6.44. The average molecular weight is 342 g/mol. The van der Waals surface area contributed by atoms with Crippen LogP contribution < -0.4 is 10.9 Å². The number of likely N-dealkylation sites (tertiary alicyclic amines) is 1. The van der Waals surface area contributed by atoms with Crippen LogP contribution in [0.15, 0.2) is 10.9 Å². The Morgan fingerprint density at radius 2 is 2.28 bits per heavy atom. The molecule has 132 valence electrons. The van der Waals surface area contributed by atoms with Crippen LogP contribution in [0.4, 0.5) is 0 Å². The van der Waals surface area contributed by atoms with Gasteiger partial charge in [0, 0.05) is 37.2 Å². The number of nitrogens with zero attached hydrogens (tertiary/aromatic N) is 3. The number of hydrogen-bond acceptors (Lipinski definition) is 5. The van der Waals surface area contributed by atoms with E-state index in [0.717, 1.165) is 55.8 Å². The van der Waals surface area contributed by atoms with Crippen LogP contribution in [0, 0.1) is 6.92 Å². The van der Waals surface area contributed by atoms with Crippen LogP contribution in [0.25, 0.3) is 0 Å². The van der Waals surface area contributed by atoms with E-state index < -0.39 is 0 Å². The zero-order valence-electron chi connectivity index (χ0n) is 14.3. The highest BCUT2D eigenvalue weighted by molar-refractivity contribution is 5.94. The van der Waals surface area contributed by atoms with Gasteiger partial charge in [-0.05, 0) is 32.7 Å². The monoisotopic (exact) mass is 342 g/mol. The molecule has 1 fully saturated rings. The van der Waals surface area contributed by atoms with Crippen molar-refractivity contribution in [2.24, 2.45) is 0 Å². The molecule has 2 aromatic rings. The van der Waals surface area contributed by atoms with Gasteiger partial charge in [0.25, 0.3) is 11.5 Å². The molecule has 0 saturated carbocycles. The number of rotatable bonds is 2. The largest absolute Gasteiger partial charge is 0.337 e. The molecule has 0 spiro atoms. The first-order valence-corrected chi connectivity index (χ1v) is 8.76. The molecule has 2 aliphatic heterocycles. The van der Waals surface area contributed by atoms with E-state index in [-0.39, 0.29) is 17.4 Å². The van der Waals surface area contributed by atoms with Crippen LogP contribution in [0.5, 0.6) is 0 Å². The maximum atomic E-state index is 13.0. The number of hydrogen-bond donors (Lipinski definition) is 3. The number of aromatic nitrogens is 4. The minimum Gasteiger partial charge on any atom is -0.337 e. The van der Waals surface area contributed by atoms with Gasteiger partial charge in [0.15, 0.2) is 5.69 Å². The number of nitrogens with one attached hydrogen (secondary N) is 3. The molecule has 25 heavy (non-hydrogen) atoms. The van der Waals surface area contributed by atoms with Crippen LogP contribution in [0.3, 0.4) is 0 Å². The lowest BCUT2D eigenvalue weighted by Crippen LogP contribution is -2.40. The van der Waals surface area contributed by atoms with Crippen LogP contribution in [0.1, 0.15) is 52.0 Å². The van der Waals surface area contributed by atoms with E-state index in [1.807, 2.05) is 4.90 Å². The van der Waals surface area contributed by atoms with Gasteiger partial charge in [0.1, 0.15) is 5.82 Å². The van der Waals surface area contributed by atoms with Crippen molar-refractivity contribution in [1.29, 1.82) is 0 Å². The van der Waals surface area contributed by atoms with Crippen molar-refractivity contribution in [1.82, 2.24) is 30.4 Å². The van der Waals surface area contributed by atoms with Crippen molar-refractivity contribution < 1.29 is 4.79 Å².